The molecule has 0 saturated carbocycles. The summed E-state index contributed by atoms with van der Waals surface area (Å²) in [6.07, 6.45) is 5.27. The molecule has 0 spiro atoms. The summed E-state index contributed by atoms with van der Waals surface area (Å²) in [4.78, 5) is 23.4. The number of aromatic nitrogens is 2. The van der Waals surface area contributed by atoms with Gasteiger partial charge in [0.15, 0.2) is 0 Å². The van der Waals surface area contributed by atoms with E-state index in [-0.39, 0.29) is 16.5 Å². The number of nitro groups is 1. The van der Waals surface area contributed by atoms with Gasteiger partial charge in [-0.15, -0.1) is 11.3 Å². The number of thiophene rings is 2. The molecule has 3 aromatic heterocycles. The molecule has 0 saturated heterocycles. The fourth-order valence-electron chi connectivity index (χ4n) is 1.76. The summed E-state index contributed by atoms with van der Waals surface area (Å²) in [5.74, 6) is -0.389. The van der Waals surface area contributed by atoms with Crippen molar-refractivity contribution in [2.45, 2.75) is 0 Å². The summed E-state index contributed by atoms with van der Waals surface area (Å²) in [5, 5.41) is 18.2. The maximum Gasteiger partial charge on any atom is 0.324 e. The van der Waals surface area contributed by atoms with Crippen LogP contribution in [0, 0.1) is 10.1 Å². The number of hydrogen-bond acceptors (Lipinski definition) is 6. The minimum atomic E-state index is -0.514. The first-order valence-corrected chi connectivity index (χ1v) is 7.94. The molecule has 3 rings (SSSR count). The SMILES string of the molecule is O=C(c1csc([N+](=O)[O-])c1)n1ccc(/C=C/c2cccs2)n1. The minimum absolute atomic E-state index is 0.0617. The lowest BCUT2D eigenvalue weighted by Gasteiger charge is -1.95. The lowest BCUT2D eigenvalue weighted by atomic mass is 10.3. The molecule has 0 N–H and O–H groups in total. The molecule has 0 radical (unpaired) electrons. The highest BCUT2D eigenvalue weighted by atomic mass is 32.1. The van der Waals surface area contributed by atoms with Gasteiger partial charge in [0.05, 0.1) is 16.2 Å². The van der Waals surface area contributed by atoms with Crippen LogP contribution >= 0.6 is 22.7 Å². The van der Waals surface area contributed by atoms with Crippen LogP contribution < -0.4 is 0 Å². The quantitative estimate of drug-likeness (QED) is 0.538. The Morgan fingerprint density at radius 2 is 2.18 bits per heavy atom. The van der Waals surface area contributed by atoms with Gasteiger partial charge in [-0.05, 0) is 29.7 Å². The number of hydrogen-bond donors (Lipinski definition) is 0. The predicted octanol–water partition coefficient (Wildman–Crippen LogP) is 3.77. The maximum absolute atomic E-state index is 12.2. The van der Waals surface area contributed by atoms with Crippen LogP contribution in [-0.2, 0) is 0 Å². The molecular weight excluding hydrogens is 322 g/mol. The first kappa shape index (κ1) is 14.4. The molecule has 3 heterocycles. The Morgan fingerprint density at radius 3 is 2.86 bits per heavy atom. The Labute approximate surface area is 133 Å². The molecule has 110 valence electrons. The second-order valence-corrected chi connectivity index (χ2v) is 6.14. The largest absolute Gasteiger partial charge is 0.324 e. The van der Waals surface area contributed by atoms with Gasteiger partial charge in [-0.1, -0.05) is 17.4 Å². The van der Waals surface area contributed by atoms with Crippen LogP contribution in [0.15, 0.2) is 41.2 Å². The molecule has 0 unspecified atom stereocenters. The van der Waals surface area contributed by atoms with Crippen LogP contribution in [0.4, 0.5) is 5.00 Å². The molecule has 22 heavy (non-hydrogen) atoms. The summed E-state index contributed by atoms with van der Waals surface area (Å²) in [6.45, 7) is 0. The van der Waals surface area contributed by atoms with Gasteiger partial charge in [0.2, 0.25) is 0 Å². The maximum atomic E-state index is 12.2. The Kier molecular flexibility index (Phi) is 3.94. The molecule has 0 aliphatic carbocycles. The standard InChI is InChI=1S/C14H9N3O3S2/c18-14(10-8-13(17(19)20)22-9-10)16-6-5-11(15-16)3-4-12-2-1-7-21-12/h1-9H/b4-3+. The van der Waals surface area contributed by atoms with Crippen molar-refractivity contribution in [1.29, 1.82) is 0 Å². The first-order valence-electron chi connectivity index (χ1n) is 6.18. The van der Waals surface area contributed by atoms with Crippen molar-refractivity contribution >= 4 is 45.7 Å². The Hall–Kier alpha value is -2.58. The molecule has 8 heteroatoms. The summed E-state index contributed by atoms with van der Waals surface area (Å²) >= 11 is 2.53. The average molecular weight is 331 g/mol. The van der Waals surface area contributed by atoms with E-state index >= 15 is 0 Å². The van der Waals surface area contributed by atoms with E-state index in [1.165, 1.54) is 16.1 Å². The Balaban J connectivity index is 1.77. The molecule has 6 nitrogen and oxygen atoms in total. The van der Waals surface area contributed by atoms with Gasteiger partial charge in [-0.25, -0.2) is 4.68 Å². The summed E-state index contributed by atoms with van der Waals surface area (Å²) in [6, 6.07) is 6.91. The number of nitrogens with zero attached hydrogens (tertiary/aromatic N) is 3. The second-order valence-electron chi connectivity index (χ2n) is 4.27. The van der Waals surface area contributed by atoms with Gasteiger partial charge in [-0.2, -0.15) is 5.10 Å². The summed E-state index contributed by atoms with van der Waals surface area (Å²) in [7, 11) is 0. The zero-order valence-corrected chi connectivity index (χ0v) is 12.7. The molecular formula is C14H9N3O3S2. The van der Waals surface area contributed by atoms with E-state index in [4.69, 9.17) is 0 Å². The Morgan fingerprint density at radius 1 is 1.32 bits per heavy atom. The topological polar surface area (TPSA) is 78.0 Å². The summed E-state index contributed by atoms with van der Waals surface area (Å²) in [5.41, 5.74) is 0.903. The van der Waals surface area contributed by atoms with Gasteiger partial charge in [0.25, 0.3) is 5.91 Å². The van der Waals surface area contributed by atoms with Gasteiger partial charge in [0, 0.05) is 22.5 Å². The van der Waals surface area contributed by atoms with Crippen molar-refractivity contribution in [3.05, 3.63) is 67.5 Å². The predicted molar refractivity (Wildman–Crippen MR) is 86.2 cm³/mol. The normalized spacial score (nSPS) is 11.1. The number of carbonyl (C=O) groups is 1. The molecule has 3 aromatic rings. The van der Waals surface area contributed by atoms with Crippen LogP contribution in [0.1, 0.15) is 20.9 Å². The lowest BCUT2D eigenvalue weighted by Crippen LogP contribution is -2.11. The third-order valence-corrected chi connectivity index (χ3v) is 4.51. The third-order valence-electron chi connectivity index (χ3n) is 2.79. The fourth-order valence-corrected chi connectivity index (χ4v) is 3.07. The highest BCUT2D eigenvalue weighted by Gasteiger charge is 2.16. The zero-order chi connectivity index (χ0) is 15.5. The van der Waals surface area contributed by atoms with Crippen molar-refractivity contribution in [1.82, 2.24) is 9.78 Å². The Bertz CT molecular complexity index is 846. The van der Waals surface area contributed by atoms with Gasteiger partial charge >= 0.3 is 5.00 Å². The van der Waals surface area contributed by atoms with E-state index in [1.54, 1.807) is 23.6 Å². The average Bonchev–Trinajstić information content (AvgIpc) is 3.24. The molecule has 0 amide bonds. The van der Waals surface area contributed by atoms with E-state index in [0.29, 0.717) is 5.69 Å². The minimum Gasteiger partial charge on any atom is -0.267 e. The second kappa shape index (κ2) is 6.04. The van der Waals surface area contributed by atoms with Gasteiger partial charge in [0.1, 0.15) is 0 Å². The van der Waals surface area contributed by atoms with E-state index in [9.17, 15) is 14.9 Å². The van der Waals surface area contributed by atoms with E-state index in [2.05, 4.69) is 5.10 Å². The van der Waals surface area contributed by atoms with Crippen molar-refractivity contribution in [3.63, 3.8) is 0 Å². The van der Waals surface area contributed by atoms with Crippen molar-refractivity contribution < 1.29 is 9.72 Å². The third kappa shape index (κ3) is 3.02. The lowest BCUT2D eigenvalue weighted by molar-refractivity contribution is -0.380. The number of rotatable bonds is 4. The molecule has 0 aliphatic rings. The molecule has 0 aliphatic heterocycles. The van der Waals surface area contributed by atoms with Crippen LogP contribution in [0.3, 0.4) is 0 Å². The van der Waals surface area contributed by atoms with E-state index < -0.39 is 4.92 Å². The smallest absolute Gasteiger partial charge is 0.267 e. The fraction of sp³-hybridized carbons (Fsp3) is 0. The van der Waals surface area contributed by atoms with Crippen LogP contribution in [0.25, 0.3) is 12.2 Å². The van der Waals surface area contributed by atoms with Gasteiger partial charge < -0.3 is 0 Å². The zero-order valence-electron chi connectivity index (χ0n) is 11.1. The molecule has 0 atom stereocenters. The monoisotopic (exact) mass is 331 g/mol. The first-order chi connectivity index (χ1) is 10.6. The van der Waals surface area contributed by atoms with Crippen LogP contribution in [0.2, 0.25) is 0 Å². The van der Waals surface area contributed by atoms with Crippen molar-refractivity contribution in [3.8, 4) is 0 Å². The highest BCUT2D eigenvalue weighted by Crippen LogP contribution is 2.23. The van der Waals surface area contributed by atoms with Gasteiger partial charge in [-0.3, -0.25) is 14.9 Å². The highest BCUT2D eigenvalue weighted by molar-refractivity contribution is 7.13. The summed E-state index contributed by atoms with van der Waals surface area (Å²) < 4.78 is 1.18. The van der Waals surface area contributed by atoms with Crippen molar-refractivity contribution in [2.75, 3.05) is 0 Å². The number of carbonyl (C=O) groups excluding carboxylic acids is 1. The van der Waals surface area contributed by atoms with E-state index in [1.807, 2.05) is 29.7 Å². The molecule has 0 fully saturated rings. The van der Waals surface area contributed by atoms with Crippen molar-refractivity contribution in [2.24, 2.45) is 0 Å². The molecule has 0 aromatic carbocycles. The van der Waals surface area contributed by atoms with Crippen LogP contribution in [-0.4, -0.2) is 20.6 Å². The van der Waals surface area contributed by atoms with E-state index in [0.717, 1.165) is 16.2 Å². The molecule has 0 bridgehead atoms. The van der Waals surface area contributed by atoms with Crippen LogP contribution in [0.5, 0.6) is 0 Å².